The number of hydrogen-bond donors (Lipinski definition) is 2. The van der Waals surface area contributed by atoms with Crippen molar-refractivity contribution < 1.29 is 4.79 Å². The Hall–Kier alpha value is -1.39. The van der Waals surface area contributed by atoms with E-state index in [1.807, 2.05) is 13.8 Å². The van der Waals surface area contributed by atoms with Gasteiger partial charge < -0.3 is 11.1 Å². The number of rotatable bonds is 4. The van der Waals surface area contributed by atoms with Crippen LogP contribution in [0.15, 0.2) is 24.3 Å². The van der Waals surface area contributed by atoms with Crippen LogP contribution < -0.4 is 11.1 Å². The summed E-state index contributed by atoms with van der Waals surface area (Å²) in [5, 5.41) is 3.28. The molecule has 1 saturated heterocycles. The monoisotopic (exact) mass is 331 g/mol. The van der Waals surface area contributed by atoms with Crippen molar-refractivity contribution in [3.8, 4) is 0 Å². The van der Waals surface area contributed by atoms with Crippen LogP contribution in [0.4, 0.5) is 0 Å². The predicted molar refractivity (Wildman–Crippen MR) is 100 cm³/mol. The number of carbonyl (C=O) groups excluding carboxylic acids is 1. The zero-order chi connectivity index (χ0) is 17.5. The third kappa shape index (κ3) is 4.58. The average molecular weight is 332 g/mol. The lowest BCUT2D eigenvalue weighted by Gasteiger charge is -2.34. The van der Waals surface area contributed by atoms with Crippen LogP contribution in [0.3, 0.4) is 0 Å². The molecule has 1 aliphatic carbocycles. The molecule has 1 amide bonds. The summed E-state index contributed by atoms with van der Waals surface area (Å²) in [6, 6.07) is 9.17. The van der Waals surface area contributed by atoms with Gasteiger partial charge in [-0.1, -0.05) is 45.0 Å². The van der Waals surface area contributed by atoms with Gasteiger partial charge in [-0.2, -0.15) is 0 Å². The predicted octanol–water partition coefficient (Wildman–Crippen LogP) is 2.67. The number of likely N-dealkylation sites (tertiary alicyclic amines) is 1. The Balaban J connectivity index is 0.00000100. The van der Waals surface area contributed by atoms with Crippen LogP contribution in [-0.2, 0) is 11.2 Å². The molecular formula is C20H33N3O. The maximum Gasteiger partial charge on any atom is 0.234 e. The van der Waals surface area contributed by atoms with E-state index in [0.717, 1.165) is 38.8 Å². The summed E-state index contributed by atoms with van der Waals surface area (Å²) < 4.78 is 0. The molecular weight excluding hydrogens is 298 g/mol. The second-order valence-corrected chi connectivity index (χ2v) is 6.71. The molecule has 3 N–H and O–H groups in total. The fraction of sp³-hybridized carbons (Fsp3) is 0.650. The molecule has 2 aliphatic rings. The van der Waals surface area contributed by atoms with Crippen molar-refractivity contribution in [3.63, 3.8) is 0 Å². The first-order valence-electron chi connectivity index (χ1n) is 9.52. The SMILES string of the molecule is CC.CCC1c2ccccc2CCC1NC(=O)CN1CCC(N)C1. The van der Waals surface area contributed by atoms with E-state index in [1.165, 1.54) is 11.1 Å². The van der Waals surface area contributed by atoms with E-state index in [1.54, 1.807) is 0 Å². The first-order valence-corrected chi connectivity index (χ1v) is 9.52. The van der Waals surface area contributed by atoms with E-state index in [-0.39, 0.29) is 18.0 Å². The number of amides is 1. The van der Waals surface area contributed by atoms with Gasteiger partial charge in [-0.15, -0.1) is 0 Å². The third-order valence-electron chi connectivity index (χ3n) is 5.13. The standard InChI is InChI=1S/C18H27N3O.C2H6/c1-2-15-16-6-4-3-5-13(16)7-8-17(15)20-18(22)12-21-10-9-14(19)11-21;1-2/h3-6,14-15,17H,2,7-12,19H2,1H3,(H,20,22);1-2H3. The molecule has 4 nitrogen and oxygen atoms in total. The molecule has 3 rings (SSSR count). The van der Waals surface area contributed by atoms with Gasteiger partial charge in [0.1, 0.15) is 0 Å². The van der Waals surface area contributed by atoms with E-state index >= 15 is 0 Å². The molecule has 4 heteroatoms. The lowest BCUT2D eigenvalue weighted by molar-refractivity contribution is -0.123. The first kappa shape index (κ1) is 18.9. The zero-order valence-corrected chi connectivity index (χ0v) is 15.4. The highest BCUT2D eigenvalue weighted by Gasteiger charge is 2.30. The summed E-state index contributed by atoms with van der Waals surface area (Å²) in [4.78, 5) is 14.5. The number of nitrogens with one attached hydrogen (secondary N) is 1. The number of hydrogen-bond acceptors (Lipinski definition) is 3. The number of aryl methyl sites for hydroxylation is 1. The molecule has 0 radical (unpaired) electrons. The Bertz CT molecular complexity index is 531. The fourth-order valence-electron chi connectivity index (χ4n) is 3.99. The van der Waals surface area contributed by atoms with Gasteiger partial charge in [0.2, 0.25) is 5.91 Å². The van der Waals surface area contributed by atoms with Gasteiger partial charge in [0, 0.05) is 31.1 Å². The van der Waals surface area contributed by atoms with Gasteiger partial charge in [0.05, 0.1) is 6.54 Å². The van der Waals surface area contributed by atoms with Crippen molar-refractivity contribution in [2.75, 3.05) is 19.6 Å². The van der Waals surface area contributed by atoms with Crippen molar-refractivity contribution in [2.24, 2.45) is 5.73 Å². The molecule has 134 valence electrons. The maximum atomic E-state index is 12.4. The molecule has 24 heavy (non-hydrogen) atoms. The second kappa shape index (κ2) is 9.19. The van der Waals surface area contributed by atoms with Crippen molar-refractivity contribution in [1.29, 1.82) is 0 Å². The molecule has 0 aromatic heterocycles. The van der Waals surface area contributed by atoms with Gasteiger partial charge in [0.25, 0.3) is 0 Å². The summed E-state index contributed by atoms with van der Waals surface area (Å²) in [5.74, 6) is 0.590. The van der Waals surface area contributed by atoms with Gasteiger partial charge in [-0.05, 0) is 36.8 Å². The lowest BCUT2D eigenvalue weighted by atomic mass is 9.78. The summed E-state index contributed by atoms with van der Waals surface area (Å²) in [5.41, 5.74) is 8.78. The Morgan fingerprint density at radius 1 is 1.29 bits per heavy atom. The minimum absolute atomic E-state index is 0.150. The number of benzene rings is 1. The van der Waals surface area contributed by atoms with Gasteiger partial charge in [0.15, 0.2) is 0 Å². The van der Waals surface area contributed by atoms with Crippen LogP contribution in [0.25, 0.3) is 0 Å². The third-order valence-corrected chi connectivity index (χ3v) is 5.13. The average Bonchev–Trinajstić information content (AvgIpc) is 3.01. The topological polar surface area (TPSA) is 58.4 Å². The highest BCUT2D eigenvalue weighted by molar-refractivity contribution is 5.78. The highest BCUT2D eigenvalue weighted by Crippen LogP contribution is 2.34. The van der Waals surface area contributed by atoms with Crippen LogP contribution in [0.1, 0.15) is 57.1 Å². The highest BCUT2D eigenvalue weighted by atomic mass is 16.2. The lowest BCUT2D eigenvalue weighted by Crippen LogP contribution is -2.46. The Kier molecular flexibility index (Phi) is 7.25. The van der Waals surface area contributed by atoms with Crippen molar-refractivity contribution in [2.45, 2.75) is 64.5 Å². The van der Waals surface area contributed by atoms with E-state index in [4.69, 9.17) is 5.73 Å². The molecule has 1 aromatic rings. The number of carbonyl (C=O) groups is 1. The minimum Gasteiger partial charge on any atom is -0.352 e. The summed E-state index contributed by atoms with van der Waals surface area (Å²) >= 11 is 0. The van der Waals surface area contributed by atoms with Crippen LogP contribution in [0.2, 0.25) is 0 Å². The van der Waals surface area contributed by atoms with Crippen LogP contribution in [0.5, 0.6) is 0 Å². The van der Waals surface area contributed by atoms with Crippen LogP contribution >= 0.6 is 0 Å². The van der Waals surface area contributed by atoms with Gasteiger partial charge >= 0.3 is 0 Å². The van der Waals surface area contributed by atoms with Gasteiger partial charge in [-0.3, -0.25) is 9.69 Å². The molecule has 3 atom stereocenters. The van der Waals surface area contributed by atoms with Crippen molar-refractivity contribution >= 4 is 5.91 Å². The molecule has 1 fully saturated rings. The van der Waals surface area contributed by atoms with Crippen molar-refractivity contribution in [1.82, 2.24) is 10.2 Å². The normalized spacial score (nSPS) is 26.2. The molecule has 0 saturated carbocycles. The Morgan fingerprint density at radius 2 is 2.04 bits per heavy atom. The molecule has 1 heterocycles. The number of nitrogens with zero attached hydrogens (tertiary/aromatic N) is 1. The Labute approximate surface area is 146 Å². The fourth-order valence-corrected chi connectivity index (χ4v) is 3.99. The van der Waals surface area contributed by atoms with E-state index in [0.29, 0.717) is 12.5 Å². The largest absolute Gasteiger partial charge is 0.352 e. The summed E-state index contributed by atoms with van der Waals surface area (Å²) in [6.45, 7) is 8.49. The maximum absolute atomic E-state index is 12.4. The van der Waals surface area contributed by atoms with Crippen molar-refractivity contribution in [3.05, 3.63) is 35.4 Å². The quantitative estimate of drug-likeness (QED) is 0.892. The van der Waals surface area contributed by atoms with Crippen LogP contribution in [0, 0.1) is 0 Å². The van der Waals surface area contributed by atoms with E-state index in [9.17, 15) is 4.79 Å². The molecule has 0 bridgehead atoms. The first-order chi connectivity index (χ1) is 11.7. The van der Waals surface area contributed by atoms with E-state index < -0.39 is 0 Å². The molecule has 0 spiro atoms. The molecule has 1 aromatic carbocycles. The summed E-state index contributed by atoms with van der Waals surface area (Å²) in [7, 11) is 0. The number of nitrogens with two attached hydrogens (primary N) is 1. The summed E-state index contributed by atoms with van der Waals surface area (Å²) in [6.07, 6.45) is 4.17. The second-order valence-electron chi connectivity index (χ2n) is 6.71. The minimum atomic E-state index is 0.150. The van der Waals surface area contributed by atoms with Crippen LogP contribution in [-0.4, -0.2) is 42.5 Å². The molecule has 1 aliphatic heterocycles. The van der Waals surface area contributed by atoms with Gasteiger partial charge in [-0.25, -0.2) is 0 Å². The van der Waals surface area contributed by atoms with E-state index in [2.05, 4.69) is 41.4 Å². The molecule has 3 unspecified atom stereocenters. The Morgan fingerprint density at radius 3 is 2.71 bits per heavy atom. The smallest absolute Gasteiger partial charge is 0.234 e. The zero-order valence-electron chi connectivity index (χ0n) is 15.4. The number of fused-ring (bicyclic) bond motifs is 1.